The number of hydrogen-bond donors (Lipinski definition) is 3. The van der Waals surface area contributed by atoms with Crippen molar-refractivity contribution in [2.45, 2.75) is 25.4 Å². The molecule has 0 saturated carbocycles. The van der Waals surface area contributed by atoms with E-state index in [0.717, 1.165) is 5.56 Å². The molecule has 5 N–H and O–H groups in total. The van der Waals surface area contributed by atoms with Crippen molar-refractivity contribution in [1.82, 2.24) is 5.32 Å². The zero-order valence-corrected chi connectivity index (χ0v) is 11.1. The van der Waals surface area contributed by atoms with Crippen LogP contribution in [0.5, 0.6) is 0 Å². The number of carbonyl (C=O) groups excluding carboxylic acids is 2. The summed E-state index contributed by atoms with van der Waals surface area (Å²) >= 11 is 0. The van der Waals surface area contributed by atoms with E-state index in [1.807, 2.05) is 0 Å². The third kappa shape index (κ3) is 4.59. The maximum absolute atomic E-state index is 11.6. The first kappa shape index (κ1) is 15.0. The molecule has 1 aromatic carbocycles. The lowest BCUT2D eigenvalue weighted by Gasteiger charge is -2.18. The molecule has 0 heterocycles. The molecule has 0 fully saturated rings. The lowest BCUT2D eigenvalue weighted by molar-refractivity contribution is -0.145. The van der Waals surface area contributed by atoms with Gasteiger partial charge in [0.15, 0.2) is 0 Å². The summed E-state index contributed by atoms with van der Waals surface area (Å²) in [4.78, 5) is 23.2. The molecule has 1 unspecified atom stereocenters. The second-order valence-electron chi connectivity index (χ2n) is 4.32. The molecule has 19 heavy (non-hydrogen) atoms. The molecular weight excluding hydrogens is 246 g/mol. The van der Waals surface area contributed by atoms with Crippen molar-refractivity contribution in [3.63, 3.8) is 0 Å². The number of carbonyl (C=O) groups is 2. The van der Waals surface area contributed by atoms with Crippen LogP contribution in [0.2, 0.25) is 0 Å². The van der Waals surface area contributed by atoms with Crippen LogP contribution in [0.15, 0.2) is 24.3 Å². The molecule has 0 aliphatic rings. The van der Waals surface area contributed by atoms with Crippen LogP contribution in [0.25, 0.3) is 0 Å². The Balaban J connectivity index is 2.77. The van der Waals surface area contributed by atoms with Gasteiger partial charge in [-0.15, -0.1) is 0 Å². The standard InChI is InChI=1S/C13H19N3O3/c1-8(14)12(17)16-11(13(18)19-2)7-9-3-5-10(15)6-4-9/h3-6,8,11H,7,14-15H2,1-2H3,(H,16,17)/t8?,11-/m0/s1. The predicted octanol–water partition coefficient (Wildman–Crippen LogP) is -0.184. The maximum atomic E-state index is 11.6. The van der Waals surface area contributed by atoms with Crippen LogP contribution in [0.1, 0.15) is 12.5 Å². The minimum atomic E-state index is -0.757. The Morgan fingerprint density at radius 1 is 1.32 bits per heavy atom. The quantitative estimate of drug-likeness (QED) is 0.505. The molecule has 6 heteroatoms. The molecule has 0 radical (unpaired) electrons. The van der Waals surface area contributed by atoms with Crippen LogP contribution in [0.4, 0.5) is 5.69 Å². The Morgan fingerprint density at radius 3 is 2.37 bits per heavy atom. The van der Waals surface area contributed by atoms with Crippen molar-refractivity contribution in [3.8, 4) is 0 Å². The van der Waals surface area contributed by atoms with Crippen molar-refractivity contribution in [3.05, 3.63) is 29.8 Å². The third-order valence-corrected chi connectivity index (χ3v) is 2.64. The van der Waals surface area contributed by atoms with Gasteiger partial charge in [0.25, 0.3) is 0 Å². The zero-order chi connectivity index (χ0) is 14.4. The molecule has 0 spiro atoms. The van der Waals surface area contributed by atoms with Crippen LogP contribution >= 0.6 is 0 Å². The Labute approximate surface area is 112 Å². The predicted molar refractivity (Wildman–Crippen MR) is 72.2 cm³/mol. The van der Waals surface area contributed by atoms with Crippen molar-refractivity contribution < 1.29 is 14.3 Å². The minimum Gasteiger partial charge on any atom is -0.467 e. The van der Waals surface area contributed by atoms with E-state index in [1.54, 1.807) is 31.2 Å². The molecular formula is C13H19N3O3. The monoisotopic (exact) mass is 265 g/mol. The number of nitrogens with one attached hydrogen (secondary N) is 1. The Kier molecular flexibility index (Phi) is 5.32. The molecule has 0 bridgehead atoms. The van der Waals surface area contributed by atoms with Gasteiger partial charge in [-0.3, -0.25) is 4.79 Å². The molecule has 0 aliphatic carbocycles. The van der Waals surface area contributed by atoms with Gasteiger partial charge in [0, 0.05) is 12.1 Å². The van der Waals surface area contributed by atoms with E-state index in [2.05, 4.69) is 10.1 Å². The molecule has 1 amide bonds. The highest BCUT2D eigenvalue weighted by Gasteiger charge is 2.23. The summed E-state index contributed by atoms with van der Waals surface area (Å²) in [6, 6.07) is 5.62. The summed E-state index contributed by atoms with van der Waals surface area (Å²) in [5.41, 5.74) is 12.6. The molecule has 1 aromatic rings. The fourth-order valence-electron chi connectivity index (χ4n) is 1.53. The summed E-state index contributed by atoms with van der Waals surface area (Å²) in [5.74, 6) is -0.906. The second-order valence-corrected chi connectivity index (χ2v) is 4.32. The lowest BCUT2D eigenvalue weighted by Crippen LogP contribution is -2.48. The fourth-order valence-corrected chi connectivity index (χ4v) is 1.53. The number of ether oxygens (including phenoxy) is 1. The van der Waals surface area contributed by atoms with E-state index in [1.165, 1.54) is 7.11 Å². The smallest absolute Gasteiger partial charge is 0.328 e. The van der Waals surface area contributed by atoms with Gasteiger partial charge in [0.2, 0.25) is 5.91 Å². The number of esters is 1. The fraction of sp³-hybridized carbons (Fsp3) is 0.385. The lowest BCUT2D eigenvalue weighted by atomic mass is 10.1. The highest BCUT2D eigenvalue weighted by atomic mass is 16.5. The summed E-state index contributed by atoms with van der Waals surface area (Å²) in [6.45, 7) is 1.55. The van der Waals surface area contributed by atoms with Gasteiger partial charge in [-0.2, -0.15) is 0 Å². The molecule has 0 aromatic heterocycles. The van der Waals surface area contributed by atoms with Crippen LogP contribution in [0.3, 0.4) is 0 Å². The van der Waals surface area contributed by atoms with Crippen molar-refractivity contribution in [1.29, 1.82) is 0 Å². The number of hydrogen-bond acceptors (Lipinski definition) is 5. The number of anilines is 1. The Bertz CT molecular complexity index is 443. The average Bonchev–Trinajstić information content (AvgIpc) is 2.39. The van der Waals surface area contributed by atoms with Gasteiger partial charge in [0.1, 0.15) is 6.04 Å². The van der Waals surface area contributed by atoms with Gasteiger partial charge < -0.3 is 21.5 Å². The van der Waals surface area contributed by atoms with Crippen molar-refractivity contribution >= 4 is 17.6 Å². The number of nitrogens with two attached hydrogens (primary N) is 2. The highest BCUT2D eigenvalue weighted by Crippen LogP contribution is 2.09. The number of benzene rings is 1. The number of rotatable bonds is 5. The van der Waals surface area contributed by atoms with E-state index in [-0.39, 0.29) is 0 Å². The normalized spacial score (nSPS) is 13.4. The number of nitrogen functional groups attached to an aromatic ring is 1. The Hall–Kier alpha value is -2.08. The van der Waals surface area contributed by atoms with Gasteiger partial charge in [-0.1, -0.05) is 12.1 Å². The Morgan fingerprint density at radius 2 is 1.89 bits per heavy atom. The van der Waals surface area contributed by atoms with Gasteiger partial charge in [-0.05, 0) is 24.6 Å². The topological polar surface area (TPSA) is 107 Å². The molecule has 104 valence electrons. The minimum absolute atomic E-state index is 0.325. The summed E-state index contributed by atoms with van der Waals surface area (Å²) < 4.78 is 4.67. The maximum Gasteiger partial charge on any atom is 0.328 e. The van der Waals surface area contributed by atoms with Gasteiger partial charge in [-0.25, -0.2) is 4.79 Å². The molecule has 0 aliphatic heterocycles. The first-order valence-corrected chi connectivity index (χ1v) is 5.92. The van der Waals surface area contributed by atoms with E-state index in [9.17, 15) is 9.59 Å². The second kappa shape index (κ2) is 6.75. The van der Waals surface area contributed by atoms with E-state index >= 15 is 0 Å². The van der Waals surface area contributed by atoms with E-state index in [4.69, 9.17) is 11.5 Å². The van der Waals surface area contributed by atoms with Gasteiger partial charge in [0.05, 0.1) is 13.2 Å². The number of methoxy groups -OCH3 is 1. The molecule has 1 rings (SSSR count). The average molecular weight is 265 g/mol. The van der Waals surface area contributed by atoms with Crippen molar-refractivity contribution in [2.24, 2.45) is 5.73 Å². The largest absolute Gasteiger partial charge is 0.467 e. The van der Waals surface area contributed by atoms with Crippen molar-refractivity contribution in [2.75, 3.05) is 12.8 Å². The van der Waals surface area contributed by atoms with E-state index < -0.39 is 24.0 Å². The van der Waals surface area contributed by atoms with Gasteiger partial charge >= 0.3 is 5.97 Å². The molecule has 0 saturated heterocycles. The first-order valence-electron chi connectivity index (χ1n) is 5.92. The molecule has 6 nitrogen and oxygen atoms in total. The zero-order valence-electron chi connectivity index (χ0n) is 11.1. The summed E-state index contributed by atoms with van der Waals surface area (Å²) in [5, 5.41) is 2.56. The summed E-state index contributed by atoms with van der Waals surface area (Å²) in [6.07, 6.45) is 0.325. The third-order valence-electron chi connectivity index (χ3n) is 2.64. The number of amides is 1. The van der Waals surface area contributed by atoms with E-state index in [0.29, 0.717) is 12.1 Å². The van der Waals surface area contributed by atoms with Crippen LogP contribution in [-0.2, 0) is 20.7 Å². The SMILES string of the molecule is COC(=O)[C@H](Cc1ccc(N)cc1)NC(=O)C(C)N. The van der Waals surface area contributed by atoms with Crippen LogP contribution < -0.4 is 16.8 Å². The van der Waals surface area contributed by atoms with Crippen LogP contribution in [-0.4, -0.2) is 31.1 Å². The first-order chi connectivity index (χ1) is 8.93. The molecule has 2 atom stereocenters. The summed E-state index contributed by atoms with van der Waals surface area (Å²) in [7, 11) is 1.27. The highest BCUT2D eigenvalue weighted by molar-refractivity contribution is 5.87. The van der Waals surface area contributed by atoms with Crippen LogP contribution in [0, 0.1) is 0 Å².